The lowest BCUT2D eigenvalue weighted by Crippen LogP contribution is -2.10. The van der Waals surface area contributed by atoms with Crippen LogP contribution in [0, 0.1) is 5.82 Å². The molecule has 1 aromatic heterocycles. The first-order valence-corrected chi connectivity index (χ1v) is 4.30. The van der Waals surface area contributed by atoms with Crippen molar-refractivity contribution >= 4 is 17.6 Å². The molecule has 0 aliphatic carbocycles. The summed E-state index contributed by atoms with van der Waals surface area (Å²) in [4.78, 5) is 13.7. The summed E-state index contributed by atoms with van der Waals surface area (Å²) >= 11 is 5.39. The average Bonchev–Trinajstić information content (AvgIpc) is 2.18. The van der Waals surface area contributed by atoms with E-state index in [1.807, 2.05) is 0 Å². The number of rotatable bonds is 4. The van der Waals surface area contributed by atoms with Gasteiger partial charge in [-0.2, -0.15) is 4.98 Å². The van der Waals surface area contributed by atoms with E-state index in [2.05, 4.69) is 9.72 Å². The van der Waals surface area contributed by atoms with Crippen LogP contribution < -0.4 is 4.74 Å². The largest absolute Gasteiger partial charge is 0.478 e. The first-order chi connectivity index (χ1) is 7.41. The third-order valence-corrected chi connectivity index (χ3v) is 1.76. The van der Waals surface area contributed by atoms with Crippen LogP contribution in [0.1, 0.15) is 10.4 Å². The van der Waals surface area contributed by atoms with Gasteiger partial charge in [-0.25, -0.2) is 18.0 Å². The quantitative estimate of drug-likeness (QED) is 0.838. The third-order valence-electron chi connectivity index (χ3n) is 1.47. The Hall–Kier alpha value is -1.50. The molecular formula is C8H5ClF3NO3. The Balaban J connectivity index is 2.96. The van der Waals surface area contributed by atoms with Crippen LogP contribution in [0.15, 0.2) is 6.07 Å². The number of carbonyl (C=O) groups is 1. The monoisotopic (exact) mass is 255 g/mol. The maximum absolute atomic E-state index is 13.1. The van der Waals surface area contributed by atoms with E-state index < -0.39 is 41.4 Å². The number of ether oxygens (including phenoxy) is 1. The van der Waals surface area contributed by atoms with Gasteiger partial charge < -0.3 is 9.84 Å². The van der Waals surface area contributed by atoms with Gasteiger partial charge in [-0.3, -0.25) is 0 Å². The summed E-state index contributed by atoms with van der Waals surface area (Å²) in [5.41, 5.74) is -0.566. The molecule has 1 N–H and O–H groups in total. The van der Waals surface area contributed by atoms with Gasteiger partial charge in [0.05, 0.1) is 5.56 Å². The summed E-state index contributed by atoms with van der Waals surface area (Å²) < 4.78 is 40.9. The van der Waals surface area contributed by atoms with Crippen LogP contribution in [0.3, 0.4) is 0 Å². The number of alkyl halides is 2. The molecular weight excluding hydrogens is 251 g/mol. The molecule has 0 saturated carbocycles. The van der Waals surface area contributed by atoms with E-state index in [0.717, 1.165) is 0 Å². The molecule has 0 aromatic carbocycles. The zero-order valence-electron chi connectivity index (χ0n) is 7.58. The highest BCUT2D eigenvalue weighted by Crippen LogP contribution is 2.22. The fourth-order valence-electron chi connectivity index (χ4n) is 0.844. The second kappa shape index (κ2) is 5.02. The maximum atomic E-state index is 13.1. The van der Waals surface area contributed by atoms with E-state index in [1.54, 1.807) is 0 Å². The SMILES string of the molecule is O=C(O)c1cc(F)c(OCC(F)F)nc1Cl. The van der Waals surface area contributed by atoms with Crippen molar-refractivity contribution in [3.8, 4) is 5.88 Å². The van der Waals surface area contributed by atoms with Gasteiger partial charge in [0.25, 0.3) is 12.3 Å². The number of hydrogen-bond acceptors (Lipinski definition) is 3. The Labute approximate surface area is 92.6 Å². The topological polar surface area (TPSA) is 59.4 Å². The highest BCUT2D eigenvalue weighted by atomic mass is 35.5. The zero-order chi connectivity index (χ0) is 12.3. The molecule has 0 spiro atoms. The first-order valence-electron chi connectivity index (χ1n) is 3.92. The van der Waals surface area contributed by atoms with Gasteiger partial charge in [0.1, 0.15) is 5.15 Å². The molecule has 16 heavy (non-hydrogen) atoms. The fraction of sp³-hybridized carbons (Fsp3) is 0.250. The number of aromatic carboxylic acids is 1. The molecule has 4 nitrogen and oxygen atoms in total. The fourth-order valence-corrected chi connectivity index (χ4v) is 1.06. The minimum atomic E-state index is -2.79. The van der Waals surface area contributed by atoms with Crippen LogP contribution in [0.25, 0.3) is 0 Å². The number of hydrogen-bond donors (Lipinski definition) is 1. The van der Waals surface area contributed by atoms with Crippen LogP contribution in [0.4, 0.5) is 13.2 Å². The molecule has 0 saturated heterocycles. The average molecular weight is 256 g/mol. The minimum absolute atomic E-state index is 0.529. The summed E-state index contributed by atoms with van der Waals surface area (Å²) in [7, 11) is 0. The predicted molar refractivity (Wildman–Crippen MR) is 47.7 cm³/mol. The molecule has 0 aliphatic heterocycles. The lowest BCUT2D eigenvalue weighted by Gasteiger charge is -2.06. The second-order valence-corrected chi connectivity index (χ2v) is 2.98. The van der Waals surface area contributed by atoms with Crippen molar-refractivity contribution in [3.05, 3.63) is 22.6 Å². The van der Waals surface area contributed by atoms with Crippen molar-refractivity contribution in [2.24, 2.45) is 0 Å². The highest BCUT2D eigenvalue weighted by molar-refractivity contribution is 6.32. The molecule has 0 radical (unpaired) electrons. The molecule has 1 rings (SSSR count). The van der Waals surface area contributed by atoms with Gasteiger partial charge in [-0.1, -0.05) is 11.6 Å². The lowest BCUT2D eigenvalue weighted by atomic mass is 10.3. The Morgan fingerprint density at radius 2 is 2.25 bits per heavy atom. The maximum Gasteiger partial charge on any atom is 0.338 e. The number of nitrogens with zero attached hydrogens (tertiary/aromatic N) is 1. The summed E-state index contributed by atoms with van der Waals surface area (Å²) in [5.74, 6) is -3.39. The zero-order valence-corrected chi connectivity index (χ0v) is 8.34. The molecule has 0 aliphatic rings. The summed E-state index contributed by atoms with van der Waals surface area (Å²) in [6, 6.07) is 0.554. The molecule has 0 amide bonds. The van der Waals surface area contributed by atoms with E-state index in [9.17, 15) is 18.0 Å². The smallest absolute Gasteiger partial charge is 0.338 e. The molecule has 0 bridgehead atoms. The van der Waals surface area contributed by atoms with E-state index in [4.69, 9.17) is 16.7 Å². The van der Waals surface area contributed by atoms with Gasteiger partial charge in [0.2, 0.25) is 0 Å². The minimum Gasteiger partial charge on any atom is -0.478 e. The van der Waals surface area contributed by atoms with E-state index in [-0.39, 0.29) is 0 Å². The number of pyridine rings is 1. The van der Waals surface area contributed by atoms with Gasteiger partial charge >= 0.3 is 5.97 Å². The first kappa shape index (κ1) is 12.6. The third kappa shape index (κ3) is 2.99. The number of carboxylic acid groups (broad SMARTS) is 1. The van der Waals surface area contributed by atoms with Gasteiger partial charge in [0.15, 0.2) is 12.4 Å². The predicted octanol–water partition coefficient (Wildman–Crippen LogP) is 2.22. The molecule has 0 fully saturated rings. The molecule has 8 heteroatoms. The van der Waals surface area contributed by atoms with Crippen LogP contribution in [-0.4, -0.2) is 29.1 Å². The van der Waals surface area contributed by atoms with Gasteiger partial charge in [0, 0.05) is 0 Å². The standard InChI is InChI=1S/C8H5ClF3NO3/c9-6-3(8(14)15)1-4(10)7(13-6)16-2-5(11)12/h1,5H,2H2,(H,14,15). The Morgan fingerprint density at radius 3 is 2.75 bits per heavy atom. The Kier molecular flexibility index (Phi) is 3.94. The van der Waals surface area contributed by atoms with Crippen LogP contribution >= 0.6 is 11.6 Å². The summed E-state index contributed by atoms with van der Waals surface area (Å²) in [6.07, 6.45) is -2.79. The molecule has 0 atom stereocenters. The number of halogens is 4. The van der Waals surface area contributed by atoms with Gasteiger partial charge in [-0.15, -0.1) is 0 Å². The molecule has 1 aromatic rings. The number of aromatic nitrogens is 1. The van der Waals surface area contributed by atoms with E-state index in [0.29, 0.717) is 6.07 Å². The normalized spacial score (nSPS) is 10.6. The Morgan fingerprint density at radius 1 is 1.62 bits per heavy atom. The summed E-state index contributed by atoms with van der Waals surface area (Å²) in [5, 5.41) is 8.02. The molecule has 1 heterocycles. The van der Waals surface area contributed by atoms with Crippen LogP contribution in [-0.2, 0) is 0 Å². The molecule has 0 unspecified atom stereocenters. The second-order valence-electron chi connectivity index (χ2n) is 2.62. The van der Waals surface area contributed by atoms with E-state index >= 15 is 0 Å². The van der Waals surface area contributed by atoms with Crippen molar-refractivity contribution in [1.29, 1.82) is 0 Å². The summed E-state index contributed by atoms with van der Waals surface area (Å²) in [6.45, 7) is -1.05. The van der Waals surface area contributed by atoms with Gasteiger partial charge in [-0.05, 0) is 6.07 Å². The number of carboxylic acids is 1. The van der Waals surface area contributed by atoms with E-state index in [1.165, 1.54) is 0 Å². The van der Waals surface area contributed by atoms with Crippen molar-refractivity contribution in [2.75, 3.05) is 6.61 Å². The van der Waals surface area contributed by atoms with Crippen LogP contribution in [0.2, 0.25) is 5.15 Å². The lowest BCUT2D eigenvalue weighted by molar-refractivity contribution is 0.0691. The van der Waals surface area contributed by atoms with Crippen molar-refractivity contribution in [1.82, 2.24) is 4.98 Å². The highest BCUT2D eigenvalue weighted by Gasteiger charge is 2.17. The van der Waals surface area contributed by atoms with Crippen molar-refractivity contribution in [3.63, 3.8) is 0 Å². The van der Waals surface area contributed by atoms with Crippen molar-refractivity contribution in [2.45, 2.75) is 6.43 Å². The molecule has 88 valence electrons. The van der Waals surface area contributed by atoms with Crippen molar-refractivity contribution < 1.29 is 27.8 Å². The van der Waals surface area contributed by atoms with Crippen LogP contribution in [0.5, 0.6) is 5.88 Å². The Bertz CT molecular complexity index is 414.